The maximum atomic E-state index is 12.5. The number of rotatable bonds is 14. The summed E-state index contributed by atoms with van der Waals surface area (Å²) in [6.07, 6.45) is 6.82. The number of aromatic nitrogens is 2. The second-order valence-corrected chi connectivity index (χ2v) is 13.4. The average Bonchev–Trinajstić information content (AvgIpc) is 2.95. The highest BCUT2D eigenvalue weighted by Gasteiger charge is 2.26. The molecule has 0 saturated heterocycles. The molecule has 0 spiro atoms. The summed E-state index contributed by atoms with van der Waals surface area (Å²) in [6.45, 7) is 14.9. The molecule has 3 aromatic rings. The van der Waals surface area contributed by atoms with Gasteiger partial charge in [-0.25, -0.2) is 23.1 Å². The van der Waals surface area contributed by atoms with Crippen molar-refractivity contribution in [1.29, 1.82) is 0 Å². The minimum atomic E-state index is -3.79. The van der Waals surface area contributed by atoms with Gasteiger partial charge in [-0.1, -0.05) is 53.7 Å². The maximum Gasteiger partial charge on any atom is 0.264 e. The Hall–Kier alpha value is -3.24. The first-order valence-electron chi connectivity index (χ1n) is 14.1. The van der Waals surface area contributed by atoms with Gasteiger partial charge in [-0.3, -0.25) is 0 Å². The number of thiocarbonyl (C=S) groups is 1. The van der Waals surface area contributed by atoms with Crippen LogP contribution >= 0.6 is 12.2 Å². The van der Waals surface area contributed by atoms with Crippen LogP contribution in [0.15, 0.2) is 65.8 Å². The van der Waals surface area contributed by atoms with Gasteiger partial charge in [-0.05, 0) is 90.7 Å². The van der Waals surface area contributed by atoms with Gasteiger partial charge in [0.2, 0.25) is 5.95 Å². The fraction of sp³-hybridized carbons (Fsp3) is 0.452. The Kier molecular flexibility index (Phi) is 11.1. The van der Waals surface area contributed by atoms with Crippen molar-refractivity contribution in [3.63, 3.8) is 0 Å². The topological polar surface area (TPSA) is 105 Å². The summed E-state index contributed by atoms with van der Waals surface area (Å²) in [7, 11) is -3.79. The highest BCUT2D eigenvalue weighted by molar-refractivity contribution is 7.92. The Morgan fingerprint density at radius 1 is 0.927 bits per heavy atom. The molecule has 0 atom stereocenters. The van der Waals surface area contributed by atoms with E-state index in [9.17, 15) is 8.42 Å². The standard InChI is InChI=1S/C31H43N5O3S2/c1-7-30(3,4)23-12-17-27(26(22-23)31(5,6)8-2)39-21-10-9-18-34-29(40)35-24-13-15-25(16-14-24)41(37,38)36-28-32-19-11-20-33-28/h11-17,19-20,22H,7-10,18,21H2,1-6H3,(H,32,33,36)(H2,34,35,40). The van der Waals surface area contributed by atoms with Crippen molar-refractivity contribution < 1.29 is 13.2 Å². The van der Waals surface area contributed by atoms with Crippen LogP contribution in [0.1, 0.15) is 78.4 Å². The first-order chi connectivity index (χ1) is 19.4. The van der Waals surface area contributed by atoms with Crippen molar-refractivity contribution >= 4 is 39.0 Å². The third-order valence-electron chi connectivity index (χ3n) is 7.59. The number of sulfonamides is 1. The fourth-order valence-electron chi connectivity index (χ4n) is 4.03. The summed E-state index contributed by atoms with van der Waals surface area (Å²) in [5.74, 6) is 0.985. The SMILES string of the molecule is CCC(C)(C)c1ccc(OCCCCNC(=S)Nc2ccc(S(=O)(=O)Nc3ncccn3)cc2)c(C(C)(C)CC)c1. The summed E-state index contributed by atoms with van der Waals surface area (Å²) in [5, 5.41) is 6.76. The molecule has 0 aliphatic carbocycles. The number of benzene rings is 2. The average molecular weight is 598 g/mol. The van der Waals surface area contributed by atoms with Crippen molar-refractivity contribution in [2.75, 3.05) is 23.2 Å². The van der Waals surface area contributed by atoms with E-state index in [1.54, 1.807) is 18.2 Å². The molecule has 8 nitrogen and oxygen atoms in total. The molecule has 0 fully saturated rings. The van der Waals surface area contributed by atoms with Crippen molar-refractivity contribution in [2.24, 2.45) is 0 Å². The van der Waals surface area contributed by atoms with Crippen LogP contribution in [0, 0.1) is 0 Å². The van der Waals surface area contributed by atoms with Gasteiger partial charge in [0.15, 0.2) is 5.11 Å². The molecule has 0 saturated carbocycles. The molecule has 2 aromatic carbocycles. The lowest BCUT2D eigenvalue weighted by molar-refractivity contribution is 0.296. The summed E-state index contributed by atoms with van der Waals surface area (Å²) >= 11 is 5.41. The Bertz CT molecular complexity index is 1390. The molecule has 3 N–H and O–H groups in total. The van der Waals surface area contributed by atoms with E-state index in [4.69, 9.17) is 17.0 Å². The summed E-state index contributed by atoms with van der Waals surface area (Å²) in [5.41, 5.74) is 3.46. The molecule has 1 aromatic heterocycles. The lowest BCUT2D eigenvalue weighted by atomic mass is 9.76. The van der Waals surface area contributed by atoms with Crippen LogP contribution in [-0.4, -0.2) is 36.6 Å². The van der Waals surface area contributed by atoms with Gasteiger partial charge >= 0.3 is 0 Å². The second-order valence-electron chi connectivity index (χ2n) is 11.3. The molecule has 222 valence electrons. The van der Waals surface area contributed by atoms with E-state index < -0.39 is 10.0 Å². The van der Waals surface area contributed by atoms with Gasteiger partial charge in [0.1, 0.15) is 5.75 Å². The third kappa shape index (κ3) is 9.13. The predicted molar refractivity (Wildman–Crippen MR) is 171 cm³/mol. The molecule has 0 amide bonds. The Morgan fingerprint density at radius 2 is 1.59 bits per heavy atom. The smallest absolute Gasteiger partial charge is 0.264 e. The van der Waals surface area contributed by atoms with Crippen molar-refractivity contribution in [1.82, 2.24) is 15.3 Å². The maximum absolute atomic E-state index is 12.5. The van der Waals surface area contributed by atoms with Crippen LogP contribution in [0.25, 0.3) is 0 Å². The molecular weight excluding hydrogens is 555 g/mol. The zero-order valence-corrected chi connectivity index (χ0v) is 26.6. The van der Waals surface area contributed by atoms with E-state index in [2.05, 4.69) is 85.1 Å². The first kappa shape index (κ1) is 32.3. The fourth-order valence-corrected chi connectivity index (χ4v) is 5.21. The number of anilines is 2. The van der Waals surface area contributed by atoms with Crippen LogP contribution in [0.3, 0.4) is 0 Å². The molecule has 1 heterocycles. The summed E-state index contributed by atoms with van der Waals surface area (Å²) in [6, 6.07) is 14.6. The molecule has 3 rings (SSSR count). The van der Waals surface area contributed by atoms with Gasteiger partial charge < -0.3 is 15.4 Å². The monoisotopic (exact) mass is 597 g/mol. The number of hydrogen-bond acceptors (Lipinski definition) is 6. The molecule has 0 bridgehead atoms. The van der Waals surface area contributed by atoms with E-state index in [0.29, 0.717) is 24.0 Å². The molecule has 41 heavy (non-hydrogen) atoms. The van der Waals surface area contributed by atoms with Gasteiger partial charge in [-0.2, -0.15) is 0 Å². The van der Waals surface area contributed by atoms with Crippen LogP contribution in [0.2, 0.25) is 0 Å². The minimum Gasteiger partial charge on any atom is -0.493 e. The number of nitrogens with one attached hydrogen (secondary N) is 3. The van der Waals surface area contributed by atoms with Gasteiger partial charge in [0, 0.05) is 30.2 Å². The van der Waals surface area contributed by atoms with E-state index in [1.165, 1.54) is 35.7 Å². The van der Waals surface area contributed by atoms with Crippen LogP contribution < -0.4 is 20.1 Å². The largest absolute Gasteiger partial charge is 0.493 e. The van der Waals surface area contributed by atoms with Gasteiger partial charge in [0.05, 0.1) is 11.5 Å². The Balaban J connectivity index is 1.45. The number of hydrogen-bond donors (Lipinski definition) is 3. The normalized spacial score (nSPS) is 12.0. The second kappa shape index (κ2) is 14.1. The van der Waals surface area contributed by atoms with E-state index in [1.807, 2.05) is 0 Å². The minimum absolute atomic E-state index is 0.0182. The van der Waals surface area contributed by atoms with Gasteiger partial charge in [0.25, 0.3) is 10.0 Å². The third-order valence-corrected chi connectivity index (χ3v) is 9.18. The highest BCUT2D eigenvalue weighted by Crippen LogP contribution is 2.38. The molecule has 0 radical (unpaired) electrons. The van der Waals surface area contributed by atoms with E-state index >= 15 is 0 Å². The zero-order chi connectivity index (χ0) is 30.1. The number of nitrogens with zero attached hydrogens (tertiary/aromatic N) is 2. The van der Waals surface area contributed by atoms with Crippen molar-refractivity contribution in [3.05, 3.63) is 72.1 Å². The van der Waals surface area contributed by atoms with Crippen molar-refractivity contribution in [2.45, 2.75) is 83.0 Å². The lowest BCUT2D eigenvalue weighted by Crippen LogP contribution is -2.29. The molecule has 0 unspecified atom stereocenters. The predicted octanol–water partition coefficient (Wildman–Crippen LogP) is 6.80. The highest BCUT2D eigenvalue weighted by atomic mass is 32.2. The Labute approximate surface area is 250 Å². The Morgan fingerprint density at radius 3 is 2.22 bits per heavy atom. The molecule has 10 heteroatoms. The summed E-state index contributed by atoms with van der Waals surface area (Å²) in [4.78, 5) is 7.89. The first-order valence-corrected chi connectivity index (χ1v) is 16.0. The van der Waals surface area contributed by atoms with Crippen LogP contribution in [-0.2, 0) is 20.9 Å². The molecule has 0 aliphatic rings. The molecular formula is C31H43N5O3S2. The van der Waals surface area contributed by atoms with Gasteiger partial charge in [-0.15, -0.1) is 0 Å². The number of unbranched alkanes of at least 4 members (excludes halogenated alkanes) is 1. The zero-order valence-electron chi connectivity index (χ0n) is 25.0. The van der Waals surface area contributed by atoms with Crippen LogP contribution in [0.4, 0.5) is 11.6 Å². The lowest BCUT2D eigenvalue weighted by Gasteiger charge is -2.30. The quantitative estimate of drug-likeness (QED) is 0.138. The summed E-state index contributed by atoms with van der Waals surface area (Å²) < 4.78 is 33.7. The molecule has 0 aliphatic heterocycles. The van der Waals surface area contributed by atoms with E-state index in [0.717, 1.165) is 31.4 Å². The van der Waals surface area contributed by atoms with E-state index in [-0.39, 0.29) is 21.7 Å². The number of ether oxygens (including phenoxy) is 1. The van der Waals surface area contributed by atoms with Crippen LogP contribution in [0.5, 0.6) is 5.75 Å². The van der Waals surface area contributed by atoms with Crippen molar-refractivity contribution in [3.8, 4) is 5.75 Å².